The lowest BCUT2D eigenvalue weighted by atomic mass is 9.74. The van der Waals surface area contributed by atoms with Gasteiger partial charge in [-0.3, -0.25) is 9.80 Å². The van der Waals surface area contributed by atoms with Crippen LogP contribution >= 0.6 is 0 Å². The molecule has 2 heterocycles. The minimum atomic E-state index is -0.240. The quantitative estimate of drug-likeness (QED) is 0.578. The monoisotopic (exact) mass is 429 g/mol. The SMILES string of the molecule is Cc1cccc(CN2CCC3(CC2)CN(C(=O)Nc2ccccc2)c2ccc(F)cc23)c1. The first-order valence-corrected chi connectivity index (χ1v) is 11.2. The lowest BCUT2D eigenvalue weighted by molar-refractivity contribution is 0.160. The van der Waals surface area contributed by atoms with Gasteiger partial charge < -0.3 is 5.32 Å². The number of para-hydroxylation sites is 1. The Labute approximate surface area is 188 Å². The molecule has 0 aliphatic carbocycles. The van der Waals surface area contributed by atoms with Gasteiger partial charge in [-0.05, 0) is 74.3 Å². The summed E-state index contributed by atoms with van der Waals surface area (Å²) in [6.07, 6.45) is 1.81. The molecule has 5 rings (SSSR count). The molecule has 3 aromatic carbocycles. The van der Waals surface area contributed by atoms with Gasteiger partial charge in [0, 0.05) is 29.9 Å². The molecule has 0 bridgehead atoms. The van der Waals surface area contributed by atoms with E-state index in [0.29, 0.717) is 6.54 Å². The predicted molar refractivity (Wildman–Crippen MR) is 127 cm³/mol. The van der Waals surface area contributed by atoms with Crippen molar-refractivity contribution in [2.45, 2.75) is 31.7 Å². The molecule has 1 saturated heterocycles. The average molecular weight is 430 g/mol. The van der Waals surface area contributed by atoms with Gasteiger partial charge in [-0.25, -0.2) is 9.18 Å². The highest BCUT2D eigenvalue weighted by Crippen LogP contribution is 2.47. The summed E-state index contributed by atoms with van der Waals surface area (Å²) in [5, 5.41) is 2.99. The number of carbonyl (C=O) groups excluding carboxylic acids is 1. The number of benzene rings is 3. The summed E-state index contributed by atoms with van der Waals surface area (Å²) in [5.74, 6) is -0.240. The highest BCUT2D eigenvalue weighted by atomic mass is 19.1. The zero-order valence-electron chi connectivity index (χ0n) is 18.4. The molecular formula is C27H28FN3O. The molecule has 0 atom stereocenters. The molecule has 32 heavy (non-hydrogen) atoms. The molecule has 0 unspecified atom stereocenters. The van der Waals surface area contributed by atoms with E-state index in [2.05, 4.69) is 41.4 Å². The summed E-state index contributed by atoms with van der Waals surface area (Å²) in [5.41, 5.74) is 4.95. The number of likely N-dealkylation sites (tertiary alicyclic amines) is 1. The van der Waals surface area contributed by atoms with Crippen molar-refractivity contribution in [1.82, 2.24) is 4.90 Å². The summed E-state index contributed by atoms with van der Waals surface area (Å²) in [4.78, 5) is 17.4. The van der Waals surface area contributed by atoms with Gasteiger partial charge in [0.05, 0.1) is 0 Å². The molecule has 0 radical (unpaired) electrons. The molecular weight excluding hydrogens is 401 g/mol. The van der Waals surface area contributed by atoms with E-state index in [1.54, 1.807) is 17.0 Å². The highest BCUT2D eigenvalue weighted by Gasteiger charge is 2.46. The number of hydrogen-bond donors (Lipinski definition) is 1. The minimum absolute atomic E-state index is 0.164. The number of fused-ring (bicyclic) bond motifs is 2. The first-order valence-electron chi connectivity index (χ1n) is 11.2. The van der Waals surface area contributed by atoms with E-state index >= 15 is 0 Å². The number of piperidine rings is 1. The van der Waals surface area contributed by atoms with Crippen molar-refractivity contribution in [2.24, 2.45) is 0 Å². The third kappa shape index (κ3) is 4.00. The van der Waals surface area contributed by atoms with Crippen molar-refractivity contribution < 1.29 is 9.18 Å². The predicted octanol–water partition coefficient (Wildman–Crippen LogP) is 5.72. The van der Waals surface area contributed by atoms with Crippen LogP contribution in [-0.2, 0) is 12.0 Å². The number of carbonyl (C=O) groups is 1. The molecule has 3 aromatic rings. The molecule has 1 fully saturated rings. The second kappa shape index (κ2) is 8.40. The van der Waals surface area contributed by atoms with Crippen molar-refractivity contribution in [3.63, 3.8) is 0 Å². The van der Waals surface area contributed by atoms with E-state index in [0.717, 1.165) is 49.4 Å². The maximum absolute atomic E-state index is 14.2. The number of urea groups is 1. The second-order valence-electron chi connectivity index (χ2n) is 9.09. The van der Waals surface area contributed by atoms with E-state index in [9.17, 15) is 9.18 Å². The molecule has 0 saturated carbocycles. The molecule has 2 aliphatic rings. The normalized spacial score (nSPS) is 17.4. The number of amides is 2. The minimum Gasteiger partial charge on any atom is -0.308 e. The molecule has 5 heteroatoms. The zero-order chi connectivity index (χ0) is 22.1. The van der Waals surface area contributed by atoms with Crippen LogP contribution in [-0.4, -0.2) is 30.6 Å². The van der Waals surface area contributed by atoms with Crippen molar-refractivity contribution in [3.05, 3.63) is 95.3 Å². The van der Waals surface area contributed by atoms with Crippen LogP contribution in [0.25, 0.3) is 0 Å². The fourth-order valence-electron chi connectivity index (χ4n) is 5.17. The summed E-state index contributed by atoms with van der Waals surface area (Å²) < 4.78 is 14.2. The zero-order valence-corrected chi connectivity index (χ0v) is 18.4. The lowest BCUT2D eigenvalue weighted by Gasteiger charge is -2.40. The van der Waals surface area contributed by atoms with Gasteiger partial charge in [0.2, 0.25) is 0 Å². The fourth-order valence-corrected chi connectivity index (χ4v) is 5.17. The standard InChI is InChI=1S/C27H28FN3O/c1-20-6-5-7-21(16-20)18-30-14-12-27(13-15-30)19-31(25-11-10-22(28)17-24(25)27)26(32)29-23-8-3-2-4-9-23/h2-11,16-17H,12-15,18-19H2,1H3,(H,29,32). The van der Waals surface area contributed by atoms with Gasteiger partial charge >= 0.3 is 6.03 Å². The number of rotatable bonds is 3. The van der Waals surface area contributed by atoms with Gasteiger partial charge in [0.25, 0.3) is 0 Å². The average Bonchev–Trinajstić information content (AvgIpc) is 3.10. The number of nitrogens with one attached hydrogen (secondary N) is 1. The Hall–Kier alpha value is -3.18. The molecule has 164 valence electrons. The fraction of sp³-hybridized carbons (Fsp3) is 0.296. The number of aryl methyl sites for hydroxylation is 1. The first-order chi connectivity index (χ1) is 15.5. The highest BCUT2D eigenvalue weighted by molar-refractivity contribution is 6.03. The van der Waals surface area contributed by atoms with Crippen molar-refractivity contribution in [1.29, 1.82) is 0 Å². The van der Waals surface area contributed by atoms with Crippen LogP contribution in [0.3, 0.4) is 0 Å². The van der Waals surface area contributed by atoms with E-state index in [4.69, 9.17) is 0 Å². The Morgan fingerprint density at radius 1 is 1.00 bits per heavy atom. The molecule has 1 N–H and O–H groups in total. The summed E-state index contributed by atoms with van der Waals surface area (Å²) in [7, 11) is 0. The van der Waals surface area contributed by atoms with E-state index < -0.39 is 0 Å². The van der Waals surface area contributed by atoms with Gasteiger partial charge in [-0.2, -0.15) is 0 Å². The molecule has 1 spiro atoms. The second-order valence-corrected chi connectivity index (χ2v) is 9.09. The summed E-state index contributed by atoms with van der Waals surface area (Å²) in [6.45, 7) is 5.48. The van der Waals surface area contributed by atoms with Gasteiger partial charge in [0.1, 0.15) is 5.82 Å². The summed E-state index contributed by atoms with van der Waals surface area (Å²) >= 11 is 0. The van der Waals surface area contributed by atoms with Crippen LogP contribution in [0.15, 0.2) is 72.8 Å². The van der Waals surface area contributed by atoms with Crippen LogP contribution in [0.5, 0.6) is 0 Å². The van der Waals surface area contributed by atoms with Crippen molar-refractivity contribution in [3.8, 4) is 0 Å². The number of nitrogens with zero attached hydrogens (tertiary/aromatic N) is 2. The van der Waals surface area contributed by atoms with E-state index in [-0.39, 0.29) is 17.3 Å². The Kier molecular flexibility index (Phi) is 5.43. The molecule has 0 aromatic heterocycles. The number of hydrogen-bond acceptors (Lipinski definition) is 2. The van der Waals surface area contributed by atoms with Gasteiger partial charge in [-0.1, -0.05) is 48.0 Å². The van der Waals surface area contributed by atoms with Crippen LogP contribution in [0.4, 0.5) is 20.6 Å². The maximum atomic E-state index is 14.2. The Bertz CT molecular complexity index is 1120. The van der Waals surface area contributed by atoms with Crippen molar-refractivity contribution in [2.75, 3.05) is 29.9 Å². The molecule has 4 nitrogen and oxygen atoms in total. The van der Waals surface area contributed by atoms with Crippen molar-refractivity contribution >= 4 is 17.4 Å². The third-order valence-electron chi connectivity index (χ3n) is 6.85. The molecule has 2 amide bonds. The van der Waals surface area contributed by atoms with Crippen LogP contribution in [0.2, 0.25) is 0 Å². The van der Waals surface area contributed by atoms with Crippen LogP contribution < -0.4 is 10.2 Å². The Morgan fingerprint density at radius 3 is 2.53 bits per heavy atom. The van der Waals surface area contributed by atoms with E-state index in [1.807, 2.05) is 30.3 Å². The molecule has 2 aliphatic heterocycles. The largest absolute Gasteiger partial charge is 0.326 e. The van der Waals surface area contributed by atoms with Gasteiger partial charge in [0.15, 0.2) is 0 Å². The van der Waals surface area contributed by atoms with E-state index in [1.165, 1.54) is 17.2 Å². The topological polar surface area (TPSA) is 35.6 Å². The van der Waals surface area contributed by atoms with Gasteiger partial charge in [-0.15, -0.1) is 0 Å². The smallest absolute Gasteiger partial charge is 0.308 e. The number of anilines is 2. The third-order valence-corrected chi connectivity index (χ3v) is 6.85. The summed E-state index contributed by atoms with van der Waals surface area (Å²) in [6, 6.07) is 22.8. The lowest BCUT2D eigenvalue weighted by Crippen LogP contribution is -2.46. The maximum Gasteiger partial charge on any atom is 0.326 e. The van der Waals surface area contributed by atoms with Crippen LogP contribution in [0, 0.1) is 12.7 Å². The first kappa shape index (κ1) is 20.7. The van der Waals surface area contributed by atoms with Crippen LogP contribution in [0.1, 0.15) is 29.5 Å². The Balaban J connectivity index is 1.34. The Morgan fingerprint density at radius 2 is 1.78 bits per heavy atom. The number of halogens is 1.